The molecule has 1 aliphatic rings. The first-order valence-electron chi connectivity index (χ1n) is 7.42. The van der Waals surface area contributed by atoms with Gasteiger partial charge in [0, 0.05) is 12.6 Å². The molecule has 0 heterocycles. The fraction of sp³-hybridized carbons (Fsp3) is 0.625. The number of hydrogen-bond donors (Lipinski definition) is 1. The second kappa shape index (κ2) is 7.51. The van der Waals surface area contributed by atoms with Crippen molar-refractivity contribution in [3.63, 3.8) is 0 Å². The molecule has 106 valence electrons. The predicted molar refractivity (Wildman–Crippen MR) is 77.5 cm³/mol. The third-order valence-electron chi connectivity index (χ3n) is 3.61. The van der Waals surface area contributed by atoms with Crippen LogP contribution in [0.5, 0.6) is 5.75 Å². The monoisotopic (exact) mass is 263 g/mol. The van der Waals surface area contributed by atoms with E-state index in [0.717, 1.165) is 18.7 Å². The van der Waals surface area contributed by atoms with Crippen LogP contribution >= 0.6 is 0 Å². The van der Waals surface area contributed by atoms with Crippen LogP contribution in [0.25, 0.3) is 0 Å². The molecule has 2 rings (SSSR count). The maximum atomic E-state index is 5.75. The van der Waals surface area contributed by atoms with Crippen LogP contribution in [0, 0.1) is 0 Å². The lowest BCUT2D eigenvalue weighted by Gasteiger charge is -2.28. The van der Waals surface area contributed by atoms with Crippen molar-refractivity contribution >= 4 is 0 Å². The van der Waals surface area contributed by atoms with Crippen LogP contribution in [0.2, 0.25) is 0 Å². The standard InChI is InChI=1S/C16H25NO2/c1-3-11-17-15-9-5-8-14-13(15)7-6-10-16(14)19-12-18-4-2/h6-7,10,15,17H,3-5,8-9,11-12H2,1-2H3. The maximum Gasteiger partial charge on any atom is 0.189 e. The second-order valence-corrected chi connectivity index (χ2v) is 4.98. The van der Waals surface area contributed by atoms with Gasteiger partial charge in [-0.05, 0) is 56.3 Å². The molecule has 0 aromatic heterocycles. The van der Waals surface area contributed by atoms with Crippen molar-refractivity contribution in [2.45, 2.75) is 45.6 Å². The first-order chi connectivity index (χ1) is 9.36. The predicted octanol–water partition coefficient (Wildman–Crippen LogP) is 3.44. The van der Waals surface area contributed by atoms with Gasteiger partial charge in [0.05, 0.1) is 0 Å². The smallest absolute Gasteiger partial charge is 0.189 e. The molecule has 0 aliphatic heterocycles. The molecular weight excluding hydrogens is 238 g/mol. The van der Waals surface area contributed by atoms with Gasteiger partial charge in [-0.25, -0.2) is 0 Å². The quantitative estimate of drug-likeness (QED) is 0.604. The fourth-order valence-corrected chi connectivity index (χ4v) is 2.67. The summed E-state index contributed by atoms with van der Waals surface area (Å²) in [7, 11) is 0. The molecule has 1 aromatic carbocycles. The molecule has 0 saturated heterocycles. The number of rotatable bonds is 7. The van der Waals surface area contributed by atoms with Crippen molar-refractivity contribution in [3.05, 3.63) is 29.3 Å². The van der Waals surface area contributed by atoms with Gasteiger partial charge in [0.2, 0.25) is 0 Å². The molecule has 0 fully saturated rings. The lowest BCUT2D eigenvalue weighted by molar-refractivity contribution is 0.0216. The molecule has 0 amide bonds. The van der Waals surface area contributed by atoms with E-state index in [9.17, 15) is 0 Å². The lowest BCUT2D eigenvalue weighted by atomic mass is 9.87. The van der Waals surface area contributed by atoms with E-state index in [2.05, 4.69) is 30.4 Å². The van der Waals surface area contributed by atoms with Crippen molar-refractivity contribution < 1.29 is 9.47 Å². The first-order valence-corrected chi connectivity index (χ1v) is 7.42. The van der Waals surface area contributed by atoms with Crippen LogP contribution in [0.3, 0.4) is 0 Å². The van der Waals surface area contributed by atoms with Crippen LogP contribution in [-0.4, -0.2) is 19.9 Å². The highest BCUT2D eigenvalue weighted by atomic mass is 16.7. The minimum absolute atomic E-state index is 0.347. The van der Waals surface area contributed by atoms with Crippen molar-refractivity contribution in [2.75, 3.05) is 19.9 Å². The first kappa shape index (κ1) is 14.4. The summed E-state index contributed by atoms with van der Waals surface area (Å²) in [5.74, 6) is 0.994. The Balaban J connectivity index is 2.11. The number of hydrogen-bond acceptors (Lipinski definition) is 3. The van der Waals surface area contributed by atoms with Gasteiger partial charge in [0.25, 0.3) is 0 Å². The fourth-order valence-electron chi connectivity index (χ4n) is 2.67. The summed E-state index contributed by atoms with van der Waals surface area (Å²) in [5.41, 5.74) is 2.77. The van der Waals surface area contributed by atoms with E-state index in [4.69, 9.17) is 9.47 Å². The number of nitrogens with one attached hydrogen (secondary N) is 1. The summed E-state index contributed by atoms with van der Waals surface area (Å²) in [6.07, 6.45) is 4.74. The average Bonchev–Trinajstić information content (AvgIpc) is 2.45. The van der Waals surface area contributed by atoms with Gasteiger partial charge in [0.1, 0.15) is 5.75 Å². The maximum absolute atomic E-state index is 5.75. The van der Waals surface area contributed by atoms with Crippen molar-refractivity contribution in [2.24, 2.45) is 0 Å². The van der Waals surface area contributed by atoms with E-state index in [1.807, 2.05) is 6.92 Å². The Morgan fingerprint density at radius 1 is 1.32 bits per heavy atom. The lowest BCUT2D eigenvalue weighted by Crippen LogP contribution is -2.26. The molecular formula is C16H25NO2. The van der Waals surface area contributed by atoms with Gasteiger partial charge >= 0.3 is 0 Å². The van der Waals surface area contributed by atoms with E-state index in [0.29, 0.717) is 19.4 Å². The molecule has 1 atom stereocenters. The van der Waals surface area contributed by atoms with Crippen molar-refractivity contribution in [1.29, 1.82) is 0 Å². The van der Waals surface area contributed by atoms with Crippen molar-refractivity contribution in [1.82, 2.24) is 5.32 Å². The van der Waals surface area contributed by atoms with E-state index in [1.165, 1.54) is 30.4 Å². The molecule has 1 unspecified atom stereocenters. The van der Waals surface area contributed by atoms with Crippen LogP contribution < -0.4 is 10.1 Å². The van der Waals surface area contributed by atoms with Gasteiger partial charge < -0.3 is 14.8 Å². The van der Waals surface area contributed by atoms with E-state index in [-0.39, 0.29) is 0 Å². The highest BCUT2D eigenvalue weighted by Crippen LogP contribution is 2.35. The van der Waals surface area contributed by atoms with Gasteiger partial charge in [-0.15, -0.1) is 0 Å². The van der Waals surface area contributed by atoms with Crippen LogP contribution in [0.1, 0.15) is 50.3 Å². The molecule has 0 bridgehead atoms. The third-order valence-corrected chi connectivity index (χ3v) is 3.61. The molecule has 0 saturated carbocycles. The van der Waals surface area contributed by atoms with Gasteiger partial charge in [-0.1, -0.05) is 19.1 Å². The van der Waals surface area contributed by atoms with Crippen LogP contribution in [-0.2, 0) is 11.2 Å². The number of ether oxygens (including phenoxy) is 2. The molecule has 19 heavy (non-hydrogen) atoms. The van der Waals surface area contributed by atoms with E-state index < -0.39 is 0 Å². The SMILES string of the molecule is CCCNC1CCCc2c(OCOCC)cccc21. The Bertz CT molecular complexity index is 392. The molecule has 1 aliphatic carbocycles. The molecule has 0 radical (unpaired) electrons. The van der Waals surface area contributed by atoms with Crippen LogP contribution in [0.4, 0.5) is 0 Å². The average molecular weight is 263 g/mol. The number of benzene rings is 1. The highest BCUT2D eigenvalue weighted by molar-refractivity contribution is 5.43. The summed E-state index contributed by atoms with van der Waals surface area (Å²) >= 11 is 0. The number of fused-ring (bicyclic) bond motifs is 1. The van der Waals surface area contributed by atoms with Gasteiger partial charge in [0.15, 0.2) is 6.79 Å². The molecule has 0 spiro atoms. The summed E-state index contributed by atoms with van der Waals surface area (Å²) in [5, 5.41) is 3.64. The zero-order chi connectivity index (χ0) is 13.5. The Labute approximate surface area is 116 Å². The van der Waals surface area contributed by atoms with E-state index >= 15 is 0 Å². The summed E-state index contributed by atoms with van der Waals surface area (Å²) < 4.78 is 11.0. The zero-order valence-electron chi connectivity index (χ0n) is 12.1. The minimum atomic E-state index is 0.347. The molecule has 3 nitrogen and oxygen atoms in total. The minimum Gasteiger partial charge on any atom is -0.467 e. The summed E-state index contributed by atoms with van der Waals surface area (Å²) in [4.78, 5) is 0. The zero-order valence-corrected chi connectivity index (χ0v) is 12.1. The van der Waals surface area contributed by atoms with E-state index in [1.54, 1.807) is 0 Å². The second-order valence-electron chi connectivity index (χ2n) is 4.98. The summed E-state index contributed by atoms with van der Waals surface area (Å²) in [6.45, 7) is 6.30. The Kier molecular flexibility index (Phi) is 5.67. The highest BCUT2D eigenvalue weighted by Gasteiger charge is 2.22. The molecule has 3 heteroatoms. The summed E-state index contributed by atoms with van der Waals surface area (Å²) in [6, 6.07) is 6.86. The Morgan fingerprint density at radius 2 is 2.21 bits per heavy atom. The topological polar surface area (TPSA) is 30.5 Å². The molecule has 1 N–H and O–H groups in total. The third kappa shape index (κ3) is 3.71. The normalized spacial score (nSPS) is 18.1. The van der Waals surface area contributed by atoms with Crippen molar-refractivity contribution in [3.8, 4) is 5.75 Å². The molecule has 1 aromatic rings. The van der Waals surface area contributed by atoms with Gasteiger partial charge in [-0.3, -0.25) is 0 Å². The van der Waals surface area contributed by atoms with Gasteiger partial charge in [-0.2, -0.15) is 0 Å². The Morgan fingerprint density at radius 3 is 3.00 bits per heavy atom. The Hall–Kier alpha value is -1.06. The largest absolute Gasteiger partial charge is 0.467 e. The van der Waals surface area contributed by atoms with Crippen LogP contribution in [0.15, 0.2) is 18.2 Å².